The maximum absolute atomic E-state index is 5.52. The quantitative estimate of drug-likeness (QED) is 0.848. The predicted molar refractivity (Wildman–Crippen MR) is 67.1 cm³/mol. The van der Waals surface area contributed by atoms with Crippen LogP contribution in [0.3, 0.4) is 0 Å². The lowest BCUT2D eigenvalue weighted by molar-refractivity contribution is 0.127. The molecule has 0 unspecified atom stereocenters. The molecule has 3 rings (SSSR count). The lowest BCUT2D eigenvalue weighted by Gasteiger charge is -2.11. The van der Waals surface area contributed by atoms with E-state index in [9.17, 15) is 0 Å². The Labute approximate surface area is 109 Å². The van der Waals surface area contributed by atoms with Crippen molar-refractivity contribution in [2.45, 2.75) is 30.5 Å². The van der Waals surface area contributed by atoms with Crippen molar-refractivity contribution in [1.82, 2.24) is 10.1 Å². The minimum Gasteiger partial charge on any atom is -0.461 e. The van der Waals surface area contributed by atoms with E-state index in [1.165, 1.54) is 0 Å². The third-order valence-electron chi connectivity index (χ3n) is 2.94. The van der Waals surface area contributed by atoms with Crippen molar-refractivity contribution >= 4 is 11.8 Å². The van der Waals surface area contributed by atoms with E-state index in [-0.39, 0.29) is 0 Å². The van der Waals surface area contributed by atoms with Crippen LogP contribution in [0.1, 0.15) is 19.2 Å². The monoisotopic (exact) mass is 266 g/mol. The molecule has 1 aliphatic rings. The molecule has 0 saturated carbocycles. The average Bonchev–Trinajstić information content (AvgIpc) is 3.08. The van der Waals surface area contributed by atoms with E-state index in [1.54, 1.807) is 24.1 Å². The van der Waals surface area contributed by atoms with Gasteiger partial charge in [-0.3, -0.25) is 0 Å². The maximum Gasteiger partial charge on any atom is 0.238 e. The molecular weight excluding hydrogens is 252 g/mol. The second kappa shape index (κ2) is 5.16. The Morgan fingerprint density at radius 3 is 3.17 bits per heavy atom. The summed E-state index contributed by atoms with van der Waals surface area (Å²) < 4.78 is 15.9. The largest absolute Gasteiger partial charge is 0.461 e. The second-order valence-corrected chi connectivity index (χ2v) is 5.43. The van der Waals surface area contributed by atoms with E-state index < -0.39 is 0 Å². The molecule has 6 heteroatoms. The van der Waals surface area contributed by atoms with Crippen LogP contribution in [0.5, 0.6) is 0 Å². The van der Waals surface area contributed by atoms with Crippen LogP contribution in [0.2, 0.25) is 0 Å². The van der Waals surface area contributed by atoms with E-state index in [0.29, 0.717) is 34.6 Å². The molecule has 3 heterocycles. The summed E-state index contributed by atoms with van der Waals surface area (Å²) in [5.74, 6) is 2.48. The lowest BCUT2D eigenvalue weighted by atomic mass is 10.3. The number of furan rings is 1. The molecule has 0 N–H and O–H groups in total. The molecule has 1 fully saturated rings. The fourth-order valence-corrected chi connectivity index (χ4v) is 3.02. The van der Waals surface area contributed by atoms with Crippen molar-refractivity contribution < 1.29 is 13.7 Å². The summed E-state index contributed by atoms with van der Waals surface area (Å²) in [5, 5.41) is 4.42. The van der Waals surface area contributed by atoms with Gasteiger partial charge in [-0.25, -0.2) is 0 Å². The van der Waals surface area contributed by atoms with Crippen LogP contribution in [0.4, 0.5) is 0 Å². The van der Waals surface area contributed by atoms with Gasteiger partial charge in [-0.05, 0) is 25.5 Å². The number of hydrogen-bond acceptors (Lipinski definition) is 6. The molecule has 0 bridgehead atoms. The maximum atomic E-state index is 5.52. The van der Waals surface area contributed by atoms with Gasteiger partial charge in [0.25, 0.3) is 0 Å². The molecule has 0 aromatic carbocycles. The van der Waals surface area contributed by atoms with Gasteiger partial charge in [0, 0.05) is 11.9 Å². The van der Waals surface area contributed by atoms with Gasteiger partial charge >= 0.3 is 0 Å². The standard InChI is InChI=1S/C12H14N2O3S/c1-8-10(4-6-15-8)18-7-11-13-12(14-17-11)9-3-2-5-16-9/h2-3,5,8,10H,4,6-7H2,1H3/t8-,10-/m1/s1. The van der Waals surface area contributed by atoms with Crippen LogP contribution in [-0.2, 0) is 10.5 Å². The summed E-state index contributed by atoms with van der Waals surface area (Å²) in [7, 11) is 0. The summed E-state index contributed by atoms with van der Waals surface area (Å²) >= 11 is 1.80. The van der Waals surface area contributed by atoms with Crippen molar-refractivity contribution in [1.29, 1.82) is 0 Å². The van der Waals surface area contributed by atoms with Crippen LogP contribution >= 0.6 is 11.8 Å². The van der Waals surface area contributed by atoms with Crippen LogP contribution < -0.4 is 0 Å². The number of ether oxygens (including phenoxy) is 1. The fraction of sp³-hybridized carbons (Fsp3) is 0.500. The van der Waals surface area contributed by atoms with Crippen LogP contribution in [0.15, 0.2) is 27.3 Å². The topological polar surface area (TPSA) is 61.3 Å². The number of aromatic nitrogens is 2. The molecule has 2 atom stereocenters. The number of rotatable bonds is 4. The van der Waals surface area contributed by atoms with Gasteiger partial charge in [0.1, 0.15) is 0 Å². The third kappa shape index (κ3) is 2.44. The molecule has 96 valence electrons. The molecular formula is C12H14N2O3S. The summed E-state index contributed by atoms with van der Waals surface area (Å²) in [6.07, 6.45) is 2.99. The smallest absolute Gasteiger partial charge is 0.238 e. The Hall–Kier alpha value is -1.27. The highest BCUT2D eigenvalue weighted by Crippen LogP contribution is 2.29. The Bertz CT molecular complexity index is 497. The van der Waals surface area contributed by atoms with Gasteiger partial charge in [0.05, 0.1) is 18.1 Å². The van der Waals surface area contributed by atoms with Crippen molar-refractivity contribution in [3.63, 3.8) is 0 Å². The SMILES string of the molecule is C[C@H]1OCC[C@H]1SCc1nc(-c2ccco2)no1. The summed E-state index contributed by atoms with van der Waals surface area (Å²) in [5.41, 5.74) is 0. The lowest BCUT2D eigenvalue weighted by Crippen LogP contribution is -2.13. The third-order valence-corrected chi connectivity index (χ3v) is 4.40. The Morgan fingerprint density at radius 1 is 1.50 bits per heavy atom. The first kappa shape index (κ1) is 11.8. The Morgan fingerprint density at radius 2 is 2.44 bits per heavy atom. The van der Waals surface area contributed by atoms with Gasteiger partial charge in [-0.1, -0.05) is 5.16 Å². The minimum absolute atomic E-state index is 0.308. The van der Waals surface area contributed by atoms with Crippen molar-refractivity contribution in [2.24, 2.45) is 0 Å². The van der Waals surface area contributed by atoms with E-state index in [4.69, 9.17) is 13.7 Å². The highest BCUT2D eigenvalue weighted by Gasteiger charge is 2.25. The Kier molecular flexibility index (Phi) is 3.38. The summed E-state index contributed by atoms with van der Waals surface area (Å²) in [6, 6.07) is 3.62. The first-order valence-corrected chi connectivity index (χ1v) is 6.97. The number of hydrogen-bond donors (Lipinski definition) is 0. The number of nitrogens with zero attached hydrogens (tertiary/aromatic N) is 2. The zero-order valence-corrected chi connectivity index (χ0v) is 10.9. The molecule has 1 aliphatic heterocycles. The molecule has 2 aromatic rings. The summed E-state index contributed by atoms with van der Waals surface area (Å²) in [4.78, 5) is 4.31. The molecule has 5 nitrogen and oxygen atoms in total. The normalized spacial score (nSPS) is 23.6. The zero-order chi connectivity index (χ0) is 12.4. The molecule has 0 amide bonds. The zero-order valence-electron chi connectivity index (χ0n) is 10.0. The first-order chi connectivity index (χ1) is 8.83. The van der Waals surface area contributed by atoms with Gasteiger partial charge in [-0.15, -0.1) is 11.8 Å². The highest BCUT2D eigenvalue weighted by molar-refractivity contribution is 7.99. The highest BCUT2D eigenvalue weighted by atomic mass is 32.2. The molecule has 0 spiro atoms. The minimum atomic E-state index is 0.308. The fourth-order valence-electron chi connectivity index (χ4n) is 1.93. The van der Waals surface area contributed by atoms with Crippen molar-refractivity contribution in [2.75, 3.05) is 6.61 Å². The van der Waals surface area contributed by atoms with Gasteiger partial charge in [0.15, 0.2) is 5.76 Å². The van der Waals surface area contributed by atoms with Crippen LogP contribution in [-0.4, -0.2) is 28.1 Å². The molecule has 0 radical (unpaired) electrons. The second-order valence-electron chi connectivity index (χ2n) is 4.20. The van der Waals surface area contributed by atoms with Gasteiger partial charge in [0.2, 0.25) is 11.7 Å². The molecule has 2 aromatic heterocycles. The first-order valence-electron chi connectivity index (χ1n) is 5.92. The van der Waals surface area contributed by atoms with Gasteiger partial charge < -0.3 is 13.7 Å². The van der Waals surface area contributed by atoms with Crippen molar-refractivity contribution in [3.05, 3.63) is 24.3 Å². The summed E-state index contributed by atoms with van der Waals surface area (Å²) in [6.45, 7) is 2.95. The number of thioether (sulfide) groups is 1. The van der Waals surface area contributed by atoms with E-state index in [0.717, 1.165) is 13.0 Å². The molecule has 1 saturated heterocycles. The van der Waals surface area contributed by atoms with Crippen molar-refractivity contribution in [3.8, 4) is 11.6 Å². The molecule has 18 heavy (non-hydrogen) atoms. The average molecular weight is 266 g/mol. The predicted octanol–water partition coefficient (Wildman–Crippen LogP) is 2.74. The Balaban J connectivity index is 1.60. The molecule has 0 aliphatic carbocycles. The van der Waals surface area contributed by atoms with Crippen LogP contribution in [0.25, 0.3) is 11.6 Å². The van der Waals surface area contributed by atoms with Gasteiger partial charge in [-0.2, -0.15) is 4.98 Å². The van der Waals surface area contributed by atoms with Crippen LogP contribution in [0, 0.1) is 0 Å². The van der Waals surface area contributed by atoms with E-state index >= 15 is 0 Å². The van der Waals surface area contributed by atoms with E-state index in [2.05, 4.69) is 17.1 Å². The van der Waals surface area contributed by atoms with E-state index in [1.807, 2.05) is 6.07 Å².